The van der Waals surface area contributed by atoms with Crippen LogP contribution in [0.1, 0.15) is 49.9 Å². The number of carbonyl (C=O) groups is 2. The number of hydrogen-bond acceptors (Lipinski definition) is 5. The maximum Gasteiger partial charge on any atom is 0.405 e. The smallest absolute Gasteiger partial charge is 0.405 e. The van der Waals surface area contributed by atoms with Gasteiger partial charge in [0.25, 0.3) is 11.8 Å². The van der Waals surface area contributed by atoms with Gasteiger partial charge >= 0.3 is 6.18 Å². The summed E-state index contributed by atoms with van der Waals surface area (Å²) < 4.78 is 43.3. The molecular formula is C27H30F3N5O3. The molecule has 3 N–H and O–H groups in total. The van der Waals surface area contributed by atoms with E-state index in [1.165, 1.54) is 12.3 Å². The number of rotatable bonds is 7. The highest BCUT2D eigenvalue weighted by molar-refractivity contribution is 5.94. The maximum atomic E-state index is 13.2. The topological polar surface area (TPSA) is 99.4 Å². The molecule has 0 radical (unpaired) electrons. The zero-order chi connectivity index (χ0) is 27.1. The lowest BCUT2D eigenvalue weighted by Crippen LogP contribution is -2.55. The van der Waals surface area contributed by atoms with Crippen LogP contribution in [-0.4, -0.2) is 58.2 Å². The largest absolute Gasteiger partial charge is 0.477 e. The first-order valence-electron chi connectivity index (χ1n) is 12.7. The average Bonchev–Trinajstić information content (AvgIpc) is 3.45. The van der Waals surface area contributed by atoms with E-state index in [0.29, 0.717) is 11.6 Å². The van der Waals surface area contributed by atoms with Crippen molar-refractivity contribution in [1.29, 1.82) is 0 Å². The van der Waals surface area contributed by atoms with E-state index >= 15 is 0 Å². The number of aromatic amines is 1. The maximum absolute atomic E-state index is 13.2. The van der Waals surface area contributed by atoms with Crippen molar-refractivity contribution in [3.05, 3.63) is 54.4 Å². The molecule has 2 aromatic heterocycles. The zero-order valence-corrected chi connectivity index (χ0v) is 21.1. The van der Waals surface area contributed by atoms with Crippen LogP contribution in [0.25, 0.3) is 10.9 Å². The number of hydrogen-bond donors (Lipinski definition) is 3. The van der Waals surface area contributed by atoms with Gasteiger partial charge in [-0.2, -0.15) is 13.2 Å². The molecule has 38 heavy (non-hydrogen) atoms. The molecule has 0 unspecified atom stereocenters. The fraction of sp³-hybridized carbons (Fsp3) is 0.444. The van der Waals surface area contributed by atoms with E-state index in [9.17, 15) is 22.8 Å². The molecule has 3 aromatic rings. The van der Waals surface area contributed by atoms with Gasteiger partial charge in [-0.25, -0.2) is 4.98 Å². The fourth-order valence-corrected chi connectivity index (χ4v) is 5.45. The number of fused-ring (bicyclic) bond motifs is 3. The molecule has 0 spiro atoms. The third-order valence-corrected chi connectivity index (χ3v) is 7.26. The standard InChI is InChI=1S/C27H30F3N5O3/c1-26(2,38-22-5-3-4-21-20(22)10-11-31-21)25(37)34-17-12-18-7-8-19(13-17)35(18)23-9-6-16(14-32-23)24(36)33-15-27(28,29)30/h3-6,9-11,14,17-19,31H,7-8,12-13,15H2,1-2H3,(H,33,36)(H,34,37)/t17-,18+,19-. The Morgan fingerprint density at radius 2 is 1.84 bits per heavy atom. The predicted octanol–water partition coefficient (Wildman–Crippen LogP) is 4.33. The van der Waals surface area contributed by atoms with Gasteiger partial charge in [-0.3, -0.25) is 9.59 Å². The Hall–Kier alpha value is -3.76. The second kappa shape index (κ2) is 9.85. The Balaban J connectivity index is 1.20. The van der Waals surface area contributed by atoms with Crippen LogP contribution < -0.4 is 20.3 Å². The second-order valence-electron chi connectivity index (χ2n) is 10.4. The molecule has 2 aliphatic heterocycles. The number of amides is 2. The molecule has 8 nitrogen and oxygen atoms in total. The van der Waals surface area contributed by atoms with Crippen LogP contribution >= 0.6 is 0 Å². The van der Waals surface area contributed by atoms with Crippen molar-refractivity contribution >= 4 is 28.5 Å². The summed E-state index contributed by atoms with van der Waals surface area (Å²) in [4.78, 5) is 35.0. The van der Waals surface area contributed by atoms with Crippen LogP contribution in [0.15, 0.2) is 48.8 Å². The van der Waals surface area contributed by atoms with E-state index in [-0.39, 0.29) is 29.6 Å². The minimum absolute atomic E-state index is 0.0189. The van der Waals surface area contributed by atoms with Crippen LogP contribution in [0.5, 0.6) is 5.75 Å². The molecule has 0 saturated carbocycles. The van der Waals surface area contributed by atoms with Gasteiger partial charge in [0.2, 0.25) is 0 Å². The lowest BCUT2D eigenvalue weighted by atomic mass is 9.96. The quantitative estimate of drug-likeness (QED) is 0.423. The van der Waals surface area contributed by atoms with Crippen LogP contribution in [0.4, 0.5) is 19.0 Å². The van der Waals surface area contributed by atoms with E-state index in [2.05, 4.69) is 20.2 Å². The molecule has 3 atom stereocenters. The van der Waals surface area contributed by atoms with Crippen LogP contribution in [0.3, 0.4) is 0 Å². The number of alkyl halides is 3. The summed E-state index contributed by atoms with van der Waals surface area (Å²) in [6, 6.07) is 11.1. The first kappa shape index (κ1) is 25.9. The highest BCUT2D eigenvalue weighted by Crippen LogP contribution is 2.39. The first-order valence-corrected chi connectivity index (χ1v) is 12.7. The van der Waals surface area contributed by atoms with Crippen molar-refractivity contribution in [2.45, 2.75) is 69.4 Å². The Morgan fingerprint density at radius 1 is 1.11 bits per heavy atom. The minimum atomic E-state index is -4.47. The number of ether oxygens (including phenoxy) is 1. The number of anilines is 1. The van der Waals surface area contributed by atoms with Crippen molar-refractivity contribution in [3.63, 3.8) is 0 Å². The summed E-state index contributed by atoms with van der Waals surface area (Å²) in [6.45, 7) is 2.13. The lowest BCUT2D eigenvalue weighted by molar-refractivity contribution is -0.135. The van der Waals surface area contributed by atoms with Gasteiger partial charge < -0.3 is 25.3 Å². The molecule has 11 heteroatoms. The molecule has 2 saturated heterocycles. The molecule has 4 heterocycles. The van der Waals surface area contributed by atoms with Crippen LogP contribution in [-0.2, 0) is 4.79 Å². The van der Waals surface area contributed by atoms with Crippen LogP contribution in [0.2, 0.25) is 0 Å². The van der Waals surface area contributed by atoms with E-state index in [1.54, 1.807) is 19.9 Å². The Kier molecular flexibility index (Phi) is 6.70. The molecule has 1 aromatic carbocycles. The number of nitrogens with zero attached hydrogens (tertiary/aromatic N) is 2. The Labute approximate surface area is 217 Å². The van der Waals surface area contributed by atoms with Gasteiger partial charge in [0.05, 0.1) is 5.56 Å². The SMILES string of the molecule is CC(C)(Oc1cccc2[nH]ccc12)C(=O)N[C@H]1C[C@H]2CC[C@@H](C1)N2c1ccc(C(=O)NCC(F)(F)F)cn1. The van der Waals surface area contributed by atoms with Gasteiger partial charge in [-0.05, 0) is 69.9 Å². The van der Waals surface area contributed by atoms with Crippen molar-refractivity contribution < 1.29 is 27.5 Å². The summed E-state index contributed by atoms with van der Waals surface area (Å²) in [5.74, 6) is 0.317. The minimum Gasteiger partial charge on any atom is -0.477 e. The monoisotopic (exact) mass is 529 g/mol. The van der Waals surface area contributed by atoms with Crippen molar-refractivity contribution in [2.24, 2.45) is 0 Å². The highest BCUT2D eigenvalue weighted by atomic mass is 19.4. The average molecular weight is 530 g/mol. The number of aromatic nitrogens is 2. The van der Waals surface area contributed by atoms with E-state index in [1.807, 2.05) is 35.8 Å². The number of H-pyrrole nitrogens is 1. The van der Waals surface area contributed by atoms with E-state index < -0.39 is 24.2 Å². The van der Waals surface area contributed by atoms with Crippen molar-refractivity contribution in [1.82, 2.24) is 20.6 Å². The molecule has 5 rings (SSSR count). The molecule has 202 valence electrons. The molecule has 2 aliphatic rings. The normalized spacial score (nSPS) is 21.4. The first-order chi connectivity index (χ1) is 18.0. The van der Waals surface area contributed by atoms with Gasteiger partial charge in [-0.15, -0.1) is 0 Å². The molecule has 2 fully saturated rings. The third kappa shape index (κ3) is 5.41. The number of pyridine rings is 1. The molecule has 2 amide bonds. The van der Waals surface area contributed by atoms with Crippen molar-refractivity contribution in [2.75, 3.05) is 11.4 Å². The third-order valence-electron chi connectivity index (χ3n) is 7.26. The Bertz CT molecular complexity index is 1310. The second-order valence-corrected chi connectivity index (χ2v) is 10.4. The van der Waals surface area contributed by atoms with E-state index in [0.717, 1.165) is 36.6 Å². The molecular weight excluding hydrogens is 499 g/mol. The molecule has 0 aliphatic carbocycles. The Morgan fingerprint density at radius 3 is 2.50 bits per heavy atom. The van der Waals surface area contributed by atoms with Gasteiger partial charge in [0.15, 0.2) is 5.60 Å². The summed E-state index contributed by atoms with van der Waals surface area (Å²) in [5, 5.41) is 5.95. The zero-order valence-electron chi connectivity index (χ0n) is 21.1. The summed E-state index contributed by atoms with van der Waals surface area (Å²) in [5.41, 5.74) is -0.0671. The van der Waals surface area contributed by atoms with Gasteiger partial charge in [-0.1, -0.05) is 6.07 Å². The number of benzene rings is 1. The van der Waals surface area contributed by atoms with Gasteiger partial charge in [0.1, 0.15) is 18.1 Å². The molecule has 2 bridgehead atoms. The predicted molar refractivity (Wildman–Crippen MR) is 136 cm³/mol. The van der Waals surface area contributed by atoms with E-state index in [4.69, 9.17) is 4.74 Å². The van der Waals surface area contributed by atoms with Crippen molar-refractivity contribution in [3.8, 4) is 5.75 Å². The number of halogens is 3. The fourth-order valence-electron chi connectivity index (χ4n) is 5.45. The van der Waals surface area contributed by atoms with Crippen LogP contribution in [0, 0.1) is 0 Å². The highest BCUT2D eigenvalue weighted by Gasteiger charge is 2.43. The number of carbonyl (C=O) groups excluding carboxylic acids is 2. The lowest BCUT2D eigenvalue weighted by Gasteiger charge is -2.40. The number of nitrogens with one attached hydrogen (secondary N) is 3. The summed E-state index contributed by atoms with van der Waals surface area (Å²) >= 11 is 0. The van der Waals surface area contributed by atoms with Gasteiger partial charge in [0, 0.05) is 41.4 Å². The number of piperidine rings is 1. The summed E-state index contributed by atoms with van der Waals surface area (Å²) in [6.07, 6.45) is 2.03. The summed E-state index contributed by atoms with van der Waals surface area (Å²) in [7, 11) is 0.